The molecule has 2 nitrogen and oxygen atoms in total. The van der Waals surface area contributed by atoms with Crippen LogP contribution in [0.25, 0.3) is 0 Å². The topological polar surface area (TPSA) is 29.3 Å². The number of aryl methyl sites for hydroxylation is 1. The van der Waals surface area contributed by atoms with Gasteiger partial charge in [-0.3, -0.25) is 4.90 Å². The Balaban J connectivity index is 1.97. The van der Waals surface area contributed by atoms with E-state index in [4.69, 9.17) is 5.73 Å². The molecule has 1 aromatic carbocycles. The molecule has 1 saturated heterocycles. The molecular formula is C16H26N2. The SMILES string of the molecule is Cc1cc(CN2CCC(C(C)(C)C)C2)ccc1N. The van der Waals surface area contributed by atoms with Gasteiger partial charge in [0, 0.05) is 18.8 Å². The highest BCUT2D eigenvalue weighted by molar-refractivity contribution is 5.47. The molecule has 1 heterocycles. The van der Waals surface area contributed by atoms with E-state index in [2.05, 4.69) is 44.7 Å². The molecule has 2 N–H and O–H groups in total. The zero-order chi connectivity index (χ0) is 13.3. The van der Waals surface area contributed by atoms with Gasteiger partial charge in [-0.1, -0.05) is 32.9 Å². The minimum absolute atomic E-state index is 0.436. The van der Waals surface area contributed by atoms with E-state index in [1.807, 2.05) is 6.07 Å². The fourth-order valence-corrected chi connectivity index (χ4v) is 2.78. The number of nitrogens with zero attached hydrogens (tertiary/aromatic N) is 1. The summed E-state index contributed by atoms with van der Waals surface area (Å²) in [4.78, 5) is 2.57. The molecule has 0 aromatic heterocycles. The van der Waals surface area contributed by atoms with Crippen LogP contribution in [0, 0.1) is 18.3 Å². The first kappa shape index (κ1) is 13.4. The molecule has 0 radical (unpaired) electrons. The van der Waals surface area contributed by atoms with Gasteiger partial charge in [0.1, 0.15) is 0 Å². The maximum absolute atomic E-state index is 5.86. The van der Waals surface area contributed by atoms with Crippen molar-refractivity contribution in [3.8, 4) is 0 Å². The van der Waals surface area contributed by atoms with E-state index in [9.17, 15) is 0 Å². The lowest BCUT2D eigenvalue weighted by Crippen LogP contribution is -2.25. The smallest absolute Gasteiger partial charge is 0.0343 e. The molecule has 0 amide bonds. The molecule has 2 heteroatoms. The second kappa shape index (κ2) is 4.93. The summed E-state index contributed by atoms with van der Waals surface area (Å²) < 4.78 is 0. The number of hydrogen-bond donors (Lipinski definition) is 1. The zero-order valence-corrected chi connectivity index (χ0v) is 12.2. The van der Waals surface area contributed by atoms with Crippen molar-refractivity contribution in [2.24, 2.45) is 11.3 Å². The predicted molar refractivity (Wildman–Crippen MR) is 78.4 cm³/mol. The molecule has 0 bridgehead atoms. The van der Waals surface area contributed by atoms with Gasteiger partial charge in [-0.2, -0.15) is 0 Å². The maximum atomic E-state index is 5.86. The number of anilines is 1. The van der Waals surface area contributed by atoms with E-state index >= 15 is 0 Å². The second-order valence-electron chi connectivity index (χ2n) is 6.78. The van der Waals surface area contributed by atoms with Crippen LogP contribution in [0.1, 0.15) is 38.3 Å². The van der Waals surface area contributed by atoms with Crippen molar-refractivity contribution in [3.63, 3.8) is 0 Å². The van der Waals surface area contributed by atoms with Gasteiger partial charge >= 0.3 is 0 Å². The van der Waals surface area contributed by atoms with Crippen LogP contribution in [0.15, 0.2) is 18.2 Å². The van der Waals surface area contributed by atoms with E-state index < -0.39 is 0 Å². The first-order chi connectivity index (χ1) is 8.36. The fraction of sp³-hybridized carbons (Fsp3) is 0.625. The third-order valence-electron chi connectivity index (χ3n) is 4.24. The lowest BCUT2D eigenvalue weighted by atomic mass is 9.80. The molecule has 0 aliphatic carbocycles. The molecule has 1 aliphatic heterocycles. The highest BCUT2D eigenvalue weighted by atomic mass is 15.1. The minimum Gasteiger partial charge on any atom is -0.399 e. The average molecular weight is 246 g/mol. The Bertz CT molecular complexity index is 418. The Morgan fingerprint density at radius 1 is 1.33 bits per heavy atom. The van der Waals surface area contributed by atoms with E-state index in [-0.39, 0.29) is 0 Å². The van der Waals surface area contributed by atoms with Gasteiger partial charge in [-0.15, -0.1) is 0 Å². The van der Waals surface area contributed by atoms with E-state index in [0.717, 1.165) is 18.2 Å². The van der Waals surface area contributed by atoms with E-state index in [1.165, 1.54) is 30.6 Å². The normalized spacial score (nSPS) is 21.4. The molecule has 0 spiro atoms. The summed E-state index contributed by atoms with van der Waals surface area (Å²) in [5.74, 6) is 0.826. The average Bonchev–Trinajstić information content (AvgIpc) is 2.72. The van der Waals surface area contributed by atoms with Crippen LogP contribution < -0.4 is 5.73 Å². The summed E-state index contributed by atoms with van der Waals surface area (Å²) in [5, 5.41) is 0. The van der Waals surface area contributed by atoms with Gasteiger partial charge in [0.25, 0.3) is 0 Å². The zero-order valence-electron chi connectivity index (χ0n) is 12.2. The van der Waals surface area contributed by atoms with Crippen molar-refractivity contribution in [1.82, 2.24) is 4.90 Å². The molecule has 100 valence electrons. The Hall–Kier alpha value is -1.02. The largest absolute Gasteiger partial charge is 0.399 e. The van der Waals surface area contributed by atoms with Gasteiger partial charge in [0.15, 0.2) is 0 Å². The van der Waals surface area contributed by atoms with Crippen molar-refractivity contribution in [3.05, 3.63) is 29.3 Å². The second-order valence-corrected chi connectivity index (χ2v) is 6.78. The standard InChI is InChI=1S/C16H26N2/c1-12-9-13(5-6-15(12)17)10-18-8-7-14(11-18)16(2,3)4/h5-6,9,14H,7-8,10-11,17H2,1-4H3. The number of likely N-dealkylation sites (tertiary alicyclic amines) is 1. The van der Waals surface area contributed by atoms with Gasteiger partial charge in [-0.05, 0) is 48.4 Å². The monoisotopic (exact) mass is 246 g/mol. The summed E-state index contributed by atoms with van der Waals surface area (Å²) in [7, 11) is 0. The number of hydrogen-bond acceptors (Lipinski definition) is 2. The highest BCUT2D eigenvalue weighted by Crippen LogP contribution is 2.34. The third-order valence-corrected chi connectivity index (χ3v) is 4.24. The molecule has 1 aromatic rings. The Morgan fingerprint density at radius 2 is 2.06 bits per heavy atom. The number of nitrogens with two attached hydrogens (primary N) is 1. The van der Waals surface area contributed by atoms with Crippen LogP contribution in [0.2, 0.25) is 0 Å². The summed E-state index contributed by atoms with van der Waals surface area (Å²) in [6.45, 7) is 12.7. The Morgan fingerprint density at radius 3 is 2.61 bits per heavy atom. The van der Waals surface area contributed by atoms with Crippen LogP contribution in [-0.2, 0) is 6.54 Å². The van der Waals surface area contributed by atoms with Gasteiger partial charge in [0.05, 0.1) is 0 Å². The molecule has 1 aliphatic rings. The number of rotatable bonds is 2. The number of nitrogen functional groups attached to an aromatic ring is 1. The summed E-state index contributed by atoms with van der Waals surface area (Å²) in [6.07, 6.45) is 1.33. The third kappa shape index (κ3) is 3.05. The van der Waals surface area contributed by atoms with Gasteiger partial charge in [-0.25, -0.2) is 0 Å². The maximum Gasteiger partial charge on any atom is 0.0343 e. The molecule has 1 fully saturated rings. The first-order valence-electron chi connectivity index (χ1n) is 6.93. The Labute approximate surface area is 111 Å². The quantitative estimate of drug-likeness (QED) is 0.810. The molecule has 0 saturated carbocycles. The molecule has 1 atom stereocenters. The number of benzene rings is 1. The molecule has 2 rings (SSSR count). The molecular weight excluding hydrogens is 220 g/mol. The lowest BCUT2D eigenvalue weighted by molar-refractivity contribution is 0.226. The summed E-state index contributed by atoms with van der Waals surface area (Å²) >= 11 is 0. The van der Waals surface area contributed by atoms with Crippen LogP contribution in [0.3, 0.4) is 0 Å². The highest BCUT2D eigenvalue weighted by Gasteiger charge is 2.31. The van der Waals surface area contributed by atoms with Crippen molar-refractivity contribution >= 4 is 5.69 Å². The van der Waals surface area contributed by atoms with Crippen molar-refractivity contribution in [2.75, 3.05) is 18.8 Å². The Kier molecular flexibility index (Phi) is 3.67. The van der Waals surface area contributed by atoms with Crippen LogP contribution in [-0.4, -0.2) is 18.0 Å². The summed E-state index contributed by atoms with van der Waals surface area (Å²) in [6, 6.07) is 6.41. The predicted octanol–water partition coefficient (Wildman–Crippen LogP) is 3.45. The van der Waals surface area contributed by atoms with Crippen LogP contribution in [0.4, 0.5) is 5.69 Å². The van der Waals surface area contributed by atoms with Crippen molar-refractivity contribution < 1.29 is 0 Å². The van der Waals surface area contributed by atoms with Crippen molar-refractivity contribution in [1.29, 1.82) is 0 Å². The van der Waals surface area contributed by atoms with Crippen LogP contribution >= 0.6 is 0 Å². The van der Waals surface area contributed by atoms with E-state index in [1.54, 1.807) is 0 Å². The van der Waals surface area contributed by atoms with Crippen molar-refractivity contribution in [2.45, 2.75) is 40.7 Å². The molecule has 18 heavy (non-hydrogen) atoms. The van der Waals surface area contributed by atoms with Gasteiger partial charge in [0.2, 0.25) is 0 Å². The lowest BCUT2D eigenvalue weighted by Gasteiger charge is -2.27. The van der Waals surface area contributed by atoms with E-state index in [0.29, 0.717) is 5.41 Å². The fourth-order valence-electron chi connectivity index (χ4n) is 2.78. The van der Waals surface area contributed by atoms with Gasteiger partial charge < -0.3 is 5.73 Å². The first-order valence-corrected chi connectivity index (χ1v) is 6.93. The van der Waals surface area contributed by atoms with Crippen LogP contribution in [0.5, 0.6) is 0 Å². The summed E-state index contributed by atoms with van der Waals surface area (Å²) in [5.41, 5.74) is 9.77. The molecule has 1 unspecified atom stereocenters. The minimum atomic E-state index is 0.436.